The number of nitrogens with zero attached hydrogens (tertiary/aromatic N) is 2. The van der Waals surface area contributed by atoms with Gasteiger partial charge in [0.2, 0.25) is 5.88 Å². The summed E-state index contributed by atoms with van der Waals surface area (Å²) in [7, 11) is 1.72. The Morgan fingerprint density at radius 3 is 2.62 bits per heavy atom. The minimum atomic E-state index is 0.0255. The third-order valence-corrected chi connectivity index (χ3v) is 0.964. The first-order valence-electron chi connectivity index (χ1n) is 2.25. The Kier molecular flexibility index (Phi) is 0.970. The highest BCUT2D eigenvalue weighted by atomic mass is 16.3. The van der Waals surface area contributed by atoms with E-state index in [1.807, 2.05) is 0 Å². The van der Waals surface area contributed by atoms with Crippen LogP contribution in [0.1, 0.15) is 5.69 Å². The zero-order valence-corrected chi connectivity index (χ0v) is 4.63. The zero-order chi connectivity index (χ0) is 6.15. The summed E-state index contributed by atoms with van der Waals surface area (Å²) in [5.74, 6) is 0.0255. The first kappa shape index (κ1) is 5.15. The first-order chi connectivity index (χ1) is 3.70. The van der Waals surface area contributed by atoms with E-state index in [-0.39, 0.29) is 5.88 Å². The highest BCUT2D eigenvalue weighted by Crippen LogP contribution is 2.05. The summed E-state index contributed by atoms with van der Waals surface area (Å²) >= 11 is 0. The van der Waals surface area contributed by atoms with E-state index in [0.717, 1.165) is 0 Å². The zero-order valence-electron chi connectivity index (χ0n) is 4.63. The molecule has 43 valence electrons. The minimum absolute atomic E-state index is 0.0255. The highest BCUT2D eigenvalue weighted by molar-refractivity contribution is 5.15. The van der Waals surface area contributed by atoms with Gasteiger partial charge in [0, 0.05) is 18.8 Å². The van der Waals surface area contributed by atoms with Crippen LogP contribution in [-0.4, -0.2) is 14.9 Å². The molecule has 0 spiro atoms. The van der Waals surface area contributed by atoms with Gasteiger partial charge in [0.1, 0.15) is 0 Å². The van der Waals surface area contributed by atoms with Gasteiger partial charge in [0.05, 0.1) is 0 Å². The van der Waals surface area contributed by atoms with Gasteiger partial charge < -0.3 is 5.11 Å². The molecule has 3 heteroatoms. The van der Waals surface area contributed by atoms with E-state index in [2.05, 4.69) is 12.0 Å². The summed E-state index contributed by atoms with van der Waals surface area (Å²) in [5.41, 5.74) is 0.711. The molecule has 0 aromatic carbocycles. The molecule has 0 aliphatic carbocycles. The van der Waals surface area contributed by atoms with E-state index < -0.39 is 0 Å². The van der Waals surface area contributed by atoms with Crippen LogP contribution in [0.2, 0.25) is 0 Å². The van der Waals surface area contributed by atoms with Gasteiger partial charge in [-0.05, 0) is 6.92 Å². The molecule has 8 heavy (non-hydrogen) atoms. The Bertz CT molecular complexity index is 173. The number of aromatic hydroxyl groups is 1. The van der Waals surface area contributed by atoms with Gasteiger partial charge in [-0.2, -0.15) is 0 Å². The summed E-state index contributed by atoms with van der Waals surface area (Å²) in [4.78, 5) is 0. The van der Waals surface area contributed by atoms with Gasteiger partial charge in [0.15, 0.2) is 0 Å². The smallest absolute Gasteiger partial charge is 0.230 e. The fourth-order valence-electron chi connectivity index (χ4n) is 0.489. The average Bonchev–Trinajstić information content (AvgIpc) is 1.85. The lowest BCUT2D eigenvalue weighted by atomic mass is 10.5. The lowest BCUT2D eigenvalue weighted by molar-refractivity contribution is 0.444. The number of hydrogen-bond donors (Lipinski definition) is 1. The number of aromatic nitrogens is 2. The van der Waals surface area contributed by atoms with Crippen LogP contribution in [0.4, 0.5) is 0 Å². The highest BCUT2D eigenvalue weighted by Gasteiger charge is 1.94. The molecule has 0 unspecified atom stereocenters. The summed E-state index contributed by atoms with van der Waals surface area (Å²) in [6.45, 7) is 3.58. The largest absolute Gasteiger partial charge is 0.492 e. The van der Waals surface area contributed by atoms with E-state index >= 15 is 0 Å². The molecule has 0 aliphatic heterocycles. The maximum atomic E-state index is 8.66. The number of rotatable bonds is 0. The predicted octanol–water partition coefficient (Wildman–Crippen LogP) is 0.308. The minimum Gasteiger partial charge on any atom is -0.492 e. The number of hydrogen-bond acceptors (Lipinski definition) is 2. The van der Waals surface area contributed by atoms with Gasteiger partial charge in [-0.15, -0.1) is 5.10 Å². The molecular formula is C5H7N2O. The Morgan fingerprint density at radius 1 is 1.88 bits per heavy atom. The first-order valence-corrected chi connectivity index (χ1v) is 2.25. The molecule has 1 aromatic rings. The van der Waals surface area contributed by atoms with Crippen molar-refractivity contribution in [2.45, 2.75) is 0 Å². The standard InChI is InChI=1S/C5H7N2O/c1-4-3-5(8)6-7(4)2/h3H,1H2,2H3,(H,6,8). The quantitative estimate of drug-likeness (QED) is 0.523. The van der Waals surface area contributed by atoms with Crippen molar-refractivity contribution in [1.82, 2.24) is 9.78 Å². The SMILES string of the molecule is [CH2]c1cc(O)nn1C. The van der Waals surface area contributed by atoms with E-state index in [4.69, 9.17) is 5.11 Å². The van der Waals surface area contributed by atoms with Crippen molar-refractivity contribution in [3.63, 3.8) is 0 Å². The monoisotopic (exact) mass is 111 g/mol. The normalized spacial score (nSPS) is 9.75. The van der Waals surface area contributed by atoms with Gasteiger partial charge in [-0.1, -0.05) is 0 Å². The molecular weight excluding hydrogens is 104 g/mol. The maximum Gasteiger partial charge on any atom is 0.230 e. The molecule has 0 amide bonds. The van der Waals surface area contributed by atoms with Crippen LogP contribution >= 0.6 is 0 Å². The predicted molar refractivity (Wildman–Crippen MR) is 29.3 cm³/mol. The van der Waals surface area contributed by atoms with Crippen LogP contribution in [-0.2, 0) is 7.05 Å². The van der Waals surface area contributed by atoms with Crippen LogP contribution in [0.5, 0.6) is 5.88 Å². The molecule has 1 aromatic heterocycles. The van der Waals surface area contributed by atoms with E-state index in [1.165, 1.54) is 10.7 Å². The second-order valence-corrected chi connectivity index (χ2v) is 1.62. The molecule has 1 N–H and O–H groups in total. The second kappa shape index (κ2) is 1.51. The van der Waals surface area contributed by atoms with Gasteiger partial charge >= 0.3 is 0 Å². The third kappa shape index (κ3) is 0.665. The van der Waals surface area contributed by atoms with Gasteiger partial charge in [-0.3, -0.25) is 4.68 Å². The molecule has 0 bridgehead atoms. The molecule has 0 atom stereocenters. The van der Waals surface area contributed by atoms with E-state index in [1.54, 1.807) is 7.05 Å². The van der Waals surface area contributed by atoms with Crippen LogP contribution in [0.25, 0.3) is 0 Å². The lowest BCUT2D eigenvalue weighted by Gasteiger charge is -1.86. The fourth-order valence-corrected chi connectivity index (χ4v) is 0.489. The second-order valence-electron chi connectivity index (χ2n) is 1.62. The molecule has 0 fully saturated rings. The molecule has 0 aliphatic rings. The average molecular weight is 111 g/mol. The van der Waals surface area contributed by atoms with E-state index in [0.29, 0.717) is 5.69 Å². The Hall–Kier alpha value is -0.990. The van der Waals surface area contributed by atoms with Crippen molar-refractivity contribution in [2.75, 3.05) is 0 Å². The third-order valence-electron chi connectivity index (χ3n) is 0.964. The van der Waals surface area contributed by atoms with Crippen molar-refractivity contribution in [2.24, 2.45) is 7.05 Å². The van der Waals surface area contributed by atoms with Gasteiger partial charge in [-0.25, -0.2) is 0 Å². The molecule has 0 saturated carbocycles. The Balaban J connectivity index is 3.14. The van der Waals surface area contributed by atoms with Crippen molar-refractivity contribution < 1.29 is 5.11 Å². The summed E-state index contributed by atoms with van der Waals surface area (Å²) in [6.07, 6.45) is 0. The van der Waals surface area contributed by atoms with Crippen LogP contribution in [0, 0.1) is 6.92 Å². The van der Waals surface area contributed by atoms with Crippen LogP contribution in [0.3, 0.4) is 0 Å². The van der Waals surface area contributed by atoms with E-state index in [9.17, 15) is 0 Å². The Morgan fingerprint density at radius 2 is 2.50 bits per heavy atom. The summed E-state index contributed by atoms with van der Waals surface area (Å²) < 4.78 is 1.51. The van der Waals surface area contributed by atoms with Crippen molar-refractivity contribution in [3.05, 3.63) is 18.7 Å². The molecule has 3 nitrogen and oxygen atoms in total. The molecule has 1 heterocycles. The molecule has 1 radical (unpaired) electrons. The molecule has 1 rings (SSSR count). The van der Waals surface area contributed by atoms with Crippen molar-refractivity contribution >= 4 is 0 Å². The van der Waals surface area contributed by atoms with Crippen LogP contribution in [0.15, 0.2) is 6.07 Å². The van der Waals surface area contributed by atoms with Crippen molar-refractivity contribution in [3.8, 4) is 5.88 Å². The maximum absolute atomic E-state index is 8.66. The lowest BCUT2D eigenvalue weighted by Crippen LogP contribution is -1.90. The van der Waals surface area contributed by atoms with Crippen LogP contribution < -0.4 is 0 Å². The van der Waals surface area contributed by atoms with Crippen molar-refractivity contribution in [1.29, 1.82) is 0 Å². The fraction of sp³-hybridized carbons (Fsp3) is 0.200. The molecule has 0 saturated heterocycles. The van der Waals surface area contributed by atoms with Gasteiger partial charge in [0.25, 0.3) is 0 Å². The Labute approximate surface area is 47.6 Å². The topological polar surface area (TPSA) is 38.1 Å². The number of aryl methyl sites for hydroxylation is 1. The summed E-state index contributed by atoms with van der Waals surface area (Å²) in [6, 6.07) is 1.50. The summed E-state index contributed by atoms with van der Waals surface area (Å²) in [5, 5.41) is 12.3.